The Balaban J connectivity index is 1.74. The van der Waals surface area contributed by atoms with Crippen molar-refractivity contribution >= 4 is 28.0 Å². The van der Waals surface area contributed by atoms with Gasteiger partial charge in [0.05, 0.1) is 5.39 Å². The molecule has 6 heteroatoms. The van der Waals surface area contributed by atoms with E-state index in [1.54, 1.807) is 6.33 Å². The molecule has 28 heavy (non-hydrogen) atoms. The van der Waals surface area contributed by atoms with Crippen LogP contribution in [0.1, 0.15) is 50.9 Å². The van der Waals surface area contributed by atoms with E-state index in [2.05, 4.69) is 47.9 Å². The molecule has 3 aromatic rings. The fourth-order valence-electron chi connectivity index (χ4n) is 4.33. The Labute approximate surface area is 166 Å². The van der Waals surface area contributed by atoms with Crippen LogP contribution < -0.4 is 5.32 Å². The van der Waals surface area contributed by atoms with Crippen molar-refractivity contribution in [1.29, 1.82) is 0 Å². The fraction of sp³-hybridized carbons (Fsp3) is 0.591. The summed E-state index contributed by atoms with van der Waals surface area (Å²) in [6.07, 6.45) is 6.03. The van der Waals surface area contributed by atoms with Crippen molar-refractivity contribution in [2.24, 2.45) is 5.92 Å². The van der Waals surface area contributed by atoms with Crippen LogP contribution in [0.25, 0.3) is 22.2 Å². The number of nitrogens with one attached hydrogen (secondary N) is 1. The van der Waals surface area contributed by atoms with Crippen molar-refractivity contribution in [3.63, 3.8) is 0 Å². The molecule has 150 valence electrons. The highest BCUT2D eigenvalue weighted by Gasteiger charge is 2.25. The third-order valence-electron chi connectivity index (χ3n) is 5.77. The molecular formula is C22H31N5O. The first-order valence-electron chi connectivity index (χ1n) is 10.7. The Morgan fingerprint density at radius 3 is 2.68 bits per heavy atom. The highest BCUT2D eigenvalue weighted by molar-refractivity contribution is 6.06. The SMILES string of the molecule is CCN(CC)CCNc1ncnc2c1oc1nc(CC(C)C)c3c(c12)CCC3. The van der Waals surface area contributed by atoms with E-state index in [0.29, 0.717) is 5.92 Å². The summed E-state index contributed by atoms with van der Waals surface area (Å²) in [5.41, 5.74) is 6.39. The lowest BCUT2D eigenvalue weighted by atomic mass is 9.99. The highest BCUT2D eigenvalue weighted by atomic mass is 16.3. The van der Waals surface area contributed by atoms with Crippen LogP contribution in [0.2, 0.25) is 0 Å². The number of furan rings is 1. The zero-order valence-electron chi connectivity index (χ0n) is 17.5. The van der Waals surface area contributed by atoms with Gasteiger partial charge in [-0.25, -0.2) is 15.0 Å². The van der Waals surface area contributed by atoms with Gasteiger partial charge in [-0.05, 0) is 55.8 Å². The quantitative estimate of drug-likeness (QED) is 0.630. The molecule has 0 aliphatic heterocycles. The summed E-state index contributed by atoms with van der Waals surface area (Å²) >= 11 is 0. The molecule has 0 radical (unpaired) electrons. The van der Waals surface area contributed by atoms with Crippen molar-refractivity contribution in [2.45, 2.75) is 53.4 Å². The van der Waals surface area contributed by atoms with Gasteiger partial charge in [0.15, 0.2) is 11.4 Å². The van der Waals surface area contributed by atoms with Gasteiger partial charge in [-0.1, -0.05) is 27.7 Å². The number of nitrogens with zero attached hydrogens (tertiary/aromatic N) is 4. The molecule has 3 aromatic heterocycles. The minimum atomic E-state index is 0.580. The number of pyridine rings is 1. The zero-order chi connectivity index (χ0) is 19.7. The molecule has 0 aromatic carbocycles. The van der Waals surface area contributed by atoms with Gasteiger partial charge in [0.2, 0.25) is 5.71 Å². The lowest BCUT2D eigenvalue weighted by Gasteiger charge is -2.18. The van der Waals surface area contributed by atoms with E-state index < -0.39 is 0 Å². The van der Waals surface area contributed by atoms with Crippen LogP contribution >= 0.6 is 0 Å². The lowest BCUT2D eigenvalue weighted by Crippen LogP contribution is -2.28. The van der Waals surface area contributed by atoms with Crippen molar-refractivity contribution < 1.29 is 4.42 Å². The van der Waals surface area contributed by atoms with Crippen LogP contribution in [0.4, 0.5) is 5.82 Å². The first-order chi connectivity index (χ1) is 13.6. The average Bonchev–Trinajstić information content (AvgIpc) is 3.29. The normalized spacial score (nSPS) is 13.9. The first kappa shape index (κ1) is 19.1. The van der Waals surface area contributed by atoms with E-state index >= 15 is 0 Å². The van der Waals surface area contributed by atoms with Crippen LogP contribution in [0, 0.1) is 5.92 Å². The Morgan fingerprint density at radius 2 is 1.93 bits per heavy atom. The number of aryl methyl sites for hydroxylation is 1. The summed E-state index contributed by atoms with van der Waals surface area (Å²) in [5.74, 6) is 1.35. The van der Waals surface area contributed by atoms with E-state index in [9.17, 15) is 0 Å². The number of hydrogen-bond donors (Lipinski definition) is 1. The summed E-state index contributed by atoms with van der Waals surface area (Å²) in [5, 5.41) is 4.55. The van der Waals surface area contributed by atoms with Gasteiger partial charge in [-0.3, -0.25) is 0 Å². The summed E-state index contributed by atoms with van der Waals surface area (Å²) in [6, 6.07) is 0. The molecule has 1 aliphatic rings. The fourth-order valence-corrected chi connectivity index (χ4v) is 4.33. The maximum Gasteiger partial charge on any atom is 0.229 e. The molecule has 3 heterocycles. The molecule has 0 spiro atoms. The van der Waals surface area contributed by atoms with Gasteiger partial charge in [0.25, 0.3) is 0 Å². The van der Waals surface area contributed by atoms with Crippen LogP contribution in [-0.2, 0) is 19.3 Å². The second kappa shape index (κ2) is 8.03. The molecule has 6 nitrogen and oxygen atoms in total. The van der Waals surface area contributed by atoms with E-state index in [-0.39, 0.29) is 0 Å². The van der Waals surface area contributed by atoms with E-state index in [0.717, 1.165) is 73.5 Å². The maximum absolute atomic E-state index is 6.23. The van der Waals surface area contributed by atoms with Crippen LogP contribution in [0.15, 0.2) is 10.7 Å². The number of fused-ring (bicyclic) bond motifs is 5. The lowest BCUT2D eigenvalue weighted by molar-refractivity contribution is 0.316. The predicted molar refractivity (Wildman–Crippen MR) is 114 cm³/mol. The van der Waals surface area contributed by atoms with Crippen LogP contribution in [0.5, 0.6) is 0 Å². The standard InChI is InChI=1S/C22H31N5O/c1-5-27(6-2)11-10-23-21-20-19(24-13-25-21)18-16-9-7-8-15(16)17(12-14(3)4)26-22(18)28-20/h13-14H,5-12H2,1-4H3,(H,23,24,25). The minimum Gasteiger partial charge on any atom is -0.432 e. The maximum atomic E-state index is 6.23. The smallest absolute Gasteiger partial charge is 0.229 e. The zero-order valence-corrected chi connectivity index (χ0v) is 17.5. The molecule has 0 saturated heterocycles. The first-order valence-corrected chi connectivity index (χ1v) is 10.7. The van der Waals surface area contributed by atoms with Gasteiger partial charge >= 0.3 is 0 Å². The third kappa shape index (κ3) is 3.46. The number of hydrogen-bond acceptors (Lipinski definition) is 6. The third-order valence-corrected chi connectivity index (χ3v) is 5.77. The van der Waals surface area contributed by atoms with Gasteiger partial charge in [-0.2, -0.15) is 0 Å². The average molecular weight is 382 g/mol. The predicted octanol–water partition coefficient (Wildman–Crippen LogP) is 4.21. The van der Waals surface area contributed by atoms with Crippen LogP contribution in [0.3, 0.4) is 0 Å². The summed E-state index contributed by atoms with van der Waals surface area (Å²) in [4.78, 5) is 16.3. The van der Waals surface area contributed by atoms with Crippen molar-refractivity contribution in [2.75, 3.05) is 31.5 Å². The van der Waals surface area contributed by atoms with Crippen LogP contribution in [-0.4, -0.2) is 46.0 Å². The molecule has 0 unspecified atom stereocenters. The molecule has 1 aliphatic carbocycles. The minimum absolute atomic E-state index is 0.580. The van der Waals surface area contributed by atoms with E-state index in [1.807, 2.05) is 0 Å². The second-order valence-electron chi connectivity index (χ2n) is 8.10. The van der Waals surface area contributed by atoms with Crippen molar-refractivity contribution in [1.82, 2.24) is 19.9 Å². The van der Waals surface area contributed by atoms with Gasteiger partial charge in [0, 0.05) is 18.8 Å². The molecule has 0 saturated carbocycles. The Morgan fingerprint density at radius 1 is 1.14 bits per heavy atom. The van der Waals surface area contributed by atoms with Gasteiger partial charge < -0.3 is 14.6 Å². The summed E-state index contributed by atoms with van der Waals surface area (Å²) in [7, 11) is 0. The Hall–Kier alpha value is -2.21. The molecule has 1 N–H and O–H groups in total. The van der Waals surface area contributed by atoms with E-state index in [4.69, 9.17) is 9.40 Å². The molecule has 0 fully saturated rings. The Bertz CT molecular complexity index is 974. The number of anilines is 1. The summed E-state index contributed by atoms with van der Waals surface area (Å²) < 4.78 is 6.23. The van der Waals surface area contributed by atoms with Crippen molar-refractivity contribution in [3.05, 3.63) is 23.1 Å². The van der Waals surface area contributed by atoms with Gasteiger partial charge in [0.1, 0.15) is 11.8 Å². The second-order valence-corrected chi connectivity index (χ2v) is 8.10. The number of aromatic nitrogens is 3. The van der Waals surface area contributed by atoms with Crippen molar-refractivity contribution in [3.8, 4) is 0 Å². The number of rotatable bonds is 8. The molecule has 0 amide bonds. The highest BCUT2D eigenvalue weighted by Crippen LogP contribution is 2.38. The topological polar surface area (TPSA) is 67.1 Å². The monoisotopic (exact) mass is 381 g/mol. The molecule has 0 atom stereocenters. The number of likely N-dealkylation sites (N-methyl/N-ethyl adjacent to an activating group) is 1. The molecule has 4 rings (SSSR count). The summed E-state index contributed by atoms with van der Waals surface area (Å²) in [6.45, 7) is 12.8. The molecule has 0 bridgehead atoms. The van der Waals surface area contributed by atoms with Gasteiger partial charge in [-0.15, -0.1) is 0 Å². The largest absolute Gasteiger partial charge is 0.432 e. The Kier molecular flexibility index (Phi) is 5.49. The van der Waals surface area contributed by atoms with E-state index in [1.165, 1.54) is 23.2 Å². The molecular weight excluding hydrogens is 350 g/mol.